The Hall–Kier alpha value is 0. The molecule has 0 aromatic heterocycles. The maximum Gasteiger partial charge on any atom is -0.0277 e. The van der Waals surface area contributed by atoms with Gasteiger partial charge >= 0.3 is 0 Å². The molecule has 0 aromatic carbocycles. The van der Waals surface area contributed by atoms with E-state index in [-0.39, 0.29) is 0 Å². The van der Waals surface area contributed by atoms with E-state index in [1.54, 1.807) is 0 Å². The molecule has 0 nitrogen and oxygen atoms in total. The monoisotopic (exact) mass is 170 g/mol. The van der Waals surface area contributed by atoms with Gasteiger partial charge in [0.2, 0.25) is 0 Å². The molecule has 0 radical (unpaired) electrons. The Bertz CT molecular complexity index is 110. The van der Waals surface area contributed by atoms with Gasteiger partial charge in [0.1, 0.15) is 0 Å². The molecule has 0 fully saturated rings. The zero-order chi connectivity index (χ0) is 9.83. The molecule has 0 rings (SSSR count). The molecule has 74 valence electrons. The van der Waals surface area contributed by atoms with Gasteiger partial charge in [-0.25, -0.2) is 0 Å². The van der Waals surface area contributed by atoms with Gasteiger partial charge in [-0.3, -0.25) is 0 Å². The van der Waals surface area contributed by atoms with Gasteiger partial charge in [-0.2, -0.15) is 0 Å². The summed E-state index contributed by atoms with van der Waals surface area (Å²) in [5.41, 5.74) is 0.996. The first-order valence-corrected chi connectivity index (χ1v) is 5.37. The lowest BCUT2D eigenvalue weighted by Gasteiger charge is -2.42. The summed E-state index contributed by atoms with van der Waals surface area (Å²) in [5.74, 6) is 0. The molecule has 0 saturated carbocycles. The largest absolute Gasteiger partial charge is 0.0654 e. The predicted molar refractivity (Wildman–Crippen MR) is 57.4 cm³/mol. The van der Waals surface area contributed by atoms with Crippen molar-refractivity contribution in [3.8, 4) is 0 Å². The summed E-state index contributed by atoms with van der Waals surface area (Å²) in [4.78, 5) is 0. The molecule has 0 saturated heterocycles. The summed E-state index contributed by atoms with van der Waals surface area (Å²) in [6, 6.07) is 0. The van der Waals surface area contributed by atoms with Crippen molar-refractivity contribution >= 4 is 0 Å². The smallest absolute Gasteiger partial charge is 0.0277 e. The molecule has 0 heterocycles. The van der Waals surface area contributed by atoms with Crippen LogP contribution >= 0.6 is 0 Å². The van der Waals surface area contributed by atoms with E-state index >= 15 is 0 Å². The number of hydrogen-bond acceptors (Lipinski definition) is 0. The van der Waals surface area contributed by atoms with Crippen molar-refractivity contribution in [2.45, 2.75) is 67.2 Å². The summed E-state index contributed by atoms with van der Waals surface area (Å²) in [6.07, 6.45) is 5.36. The lowest BCUT2D eigenvalue weighted by molar-refractivity contribution is 0.0829. The molecule has 0 amide bonds. The maximum absolute atomic E-state index is 2.44. The summed E-state index contributed by atoms with van der Waals surface area (Å²) in [5, 5.41) is 0. The standard InChI is InChI=1S/C12H26/c1-7-9-12(6,10-8-2)11(3,4)5/h7-10H2,1-6H3. The molecule has 0 aliphatic heterocycles. The van der Waals surface area contributed by atoms with Crippen molar-refractivity contribution in [3.63, 3.8) is 0 Å². The fourth-order valence-corrected chi connectivity index (χ4v) is 1.98. The van der Waals surface area contributed by atoms with E-state index in [9.17, 15) is 0 Å². The third kappa shape index (κ3) is 2.80. The van der Waals surface area contributed by atoms with Crippen molar-refractivity contribution in [3.05, 3.63) is 0 Å². The van der Waals surface area contributed by atoms with Crippen LogP contribution in [0.5, 0.6) is 0 Å². The Kier molecular flexibility index (Phi) is 4.30. The quantitative estimate of drug-likeness (QED) is 0.576. The first-order valence-electron chi connectivity index (χ1n) is 5.37. The average molecular weight is 170 g/mol. The van der Waals surface area contributed by atoms with Gasteiger partial charge in [0.15, 0.2) is 0 Å². The minimum atomic E-state index is 0.457. The fourth-order valence-electron chi connectivity index (χ4n) is 1.98. The van der Waals surface area contributed by atoms with Gasteiger partial charge in [0.25, 0.3) is 0 Å². The third-order valence-electron chi connectivity index (χ3n) is 3.41. The molecule has 0 aromatic rings. The summed E-state index contributed by atoms with van der Waals surface area (Å²) < 4.78 is 0. The second-order valence-corrected chi connectivity index (χ2v) is 5.31. The van der Waals surface area contributed by atoms with E-state index in [1.165, 1.54) is 25.7 Å². The van der Waals surface area contributed by atoms with E-state index in [2.05, 4.69) is 41.5 Å². The molecule has 0 atom stereocenters. The van der Waals surface area contributed by atoms with Crippen LogP contribution in [0.4, 0.5) is 0 Å². The molecule has 0 heteroatoms. The topological polar surface area (TPSA) is 0 Å². The van der Waals surface area contributed by atoms with Gasteiger partial charge in [-0.1, -0.05) is 54.4 Å². The first-order chi connectivity index (χ1) is 5.37. The van der Waals surface area contributed by atoms with Crippen molar-refractivity contribution in [2.75, 3.05) is 0 Å². The van der Waals surface area contributed by atoms with Gasteiger partial charge in [-0.15, -0.1) is 0 Å². The van der Waals surface area contributed by atoms with Crippen LogP contribution < -0.4 is 0 Å². The van der Waals surface area contributed by atoms with Gasteiger partial charge in [-0.05, 0) is 23.7 Å². The molecule has 0 aliphatic carbocycles. The Morgan fingerprint density at radius 2 is 1.08 bits per heavy atom. The highest BCUT2D eigenvalue weighted by Gasteiger charge is 2.35. The summed E-state index contributed by atoms with van der Waals surface area (Å²) in [7, 11) is 0. The molecule has 0 unspecified atom stereocenters. The van der Waals surface area contributed by atoms with Crippen LogP contribution in [0.1, 0.15) is 67.2 Å². The summed E-state index contributed by atoms with van der Waals surface area (Å²) in [6.45, 7) is 14.1. The van der Waals surface area contributed by atoms with E-state index in [0.717, 1.165) is 0 Å². The SMILES string of the molecule is CCCC(C)(CCC)C(C)(C)C. The highest BCUT2D eigenvalue weighted by molar-refractivity contribution is 4.85. The Balaban J connectivity index is 4.38. The van der Waals surface area contributed by atoms with Crippen molar-refractivity contribution in [1.82, 2.24) is 0 Å². The molecule has 12 heavy (non-hydrogen) atoms. The fraction of sp³-hybridized carbons (Fsp3) is 1.00. The Morgan fingerprint density at radius 1 is 0.750 bits per heavy atom. The highest BCUT2D eigenvalue weighted by atomic mass is 14.4. The van der Waals surface area contributed by atoms with Crippen LogP contribution in [0, 0.1) is 10.8 Å². The zero-order valence-corrected chi connectivity index (χ0v) is 9.83. The van der Waals surface area contributed by atoms with E-state index in [1.807, 2.05) is 0 Å². The van der Waals surface area contributed by atoms with Crippen molar-refractivity contribution in [2.24, 2.45) is 10.8 Å². The second kappa shape index (κ2) is 4.30. The van der Waals surface area contributed by atoms with Gasteiger partial charge < -0.3 is 0 Å². The van der Waals surface area contributed by atoms with Crippen molar-refractivity contribution < 1.29 is 0 Å². The minimum Gasteiger partial charge on any atom is -0.0654 e. The lowest BCUT2D eigenvalue weighted by atomic mass is 9.63. The molecule has 0 N–H and O–H groups in total. The first kappa shape index (κ1) is 12.0. The van der Waals surface area contributed by atoms with E-state index in [4.69, 9.17) is 0 Å². The minimum absolute atomic E-state index is 0.457. The van der Waals surface area contributed by atoms with Crippen LogP contribution in [0.15, 0.2) is 0 Å². The van der Waals surface area contributed by atoms with Crippen LogP contribution in [0.2, 0.25) is 0 Å². The zero-order valence-electron chi connectivity index (χ0n) is 9.83. The van der Waals surface area contributed by atoms with Crippen LogP contribution in [0.3, 0.4) is 0 Å². The molecular weight excluding hydrogens is 144 g/mol. The molecule has 0 bridgehead atoms. The Labute approximate surface area is 78.8 Å². The number of rotatable bonds is 4. The lowest BCUT2D eigenvalue weighted by Crippen LogP contribution is -2.32. The van der Waals surface area contributed by atoms with Crippen LogP contribution in [-0.2, 0) is 0 Å². The molecular formula is C12H26. The summed E-state index contributed by atoms with van der Waals surface area (Å²) >= 11 is 0. The normalized spacial score (nSPS) is 13.5. The van der Waals surface area contributed by atoms with E-state index in [0.29, 0.717) is 10.8 Å². The van der Waals surface area contributed by atoms with Crippen molar-refractivity contribution in [1.29, 1.82) is 0 Å². The van der Waals surface area contributed by atoms with Crippen LogP contribution in [-0.4, -0.2) is 0 Å². The average Bonchev–Trinajstić information content (AvgIpc) is 1.86. The van der Waals surface area contributed by atoms with Gasteiger partial charge in [0.05, 0.1) is 0 Å². The molecule has 0 spiro atoms. The van der Waals surface area contributed by atoms with Crippen LogP contribution in [0.25, 0.3) is 0 Å². The second-order valence-electron chi connectivity index (χ2n) is 5.31. The van der Waals surface area contributed by atoms with Gasteiger partial charge in [0, 0.05) is 0 Å². The Morgan fingerprint density at radius 3 is 1.25 bits per heavy atom. The van der Waals surface area contributed by atoms with E-state index < -0.39 is 0 Å². The maximum atomic E-state index is 2.44. The number of hydrogen-bond donors (Lipinski definition) is 0. The third-order valence-corrected chi connectivity index (χ3v) is 3.41. The highest BCUT2D eigenvalue weighted by Crippen LogP contribution is 2.45. The predicted octanol–water partition coefficient (Wildman–Crippen LogP) is 4.64. The molecule has 0 aliphatic rings.